The zero-order valence-corrected chi connectivity index (χ0v) is 13.4. The van der Waals surface area contributed by atoms with Gasteiger partial charge in [-0.15, -0.1) is 0 Å². The molecule has 0 heterocycles. The van der Waals surface area contributed by atoms with Gasteiger partial charge in [-0.1, -0.05) is 0 Å². The summed E-state index contributed by atoms with van der Waals surface area (Å²) in [5.41, 5.74) is 0. The van der Waals surface area contributed by atoms with Gasteiger partial charge in [-0.2, -0.15) is 0 Å². The van der Waals surface area contributed by atoms with E-state index in [4.69, 9.17) is 0 Å². The van der Waals surface area contributed by atoms with Crippen molar-refractivity contribution in [1.82, 2.24) is 0 Å². The van der Waals surface area contributed by atoms with E-state index in [-0.39, 0.29) is 145 Å². The van der Waals surface area contributed by atoms with Crippen molar-refractivity contribution in [1.29, 1.82) is 0 Å². The molecule has 10 heavy (non-hydrogen) atoms. The normalized spacial score (nSPS) is 0. The Morgan fingerprint density at radius 1 is 0.500 bits per heavy atom. The minimum Gasteiger partial charge on any atom is -2.00 e. The quantitative estimate of drug-likeness (QED) is 0.465. The van der Waals surface area contributed by atoms with Crippen LogP contribution in [-0.4, -0.2) is 55.1 Å². The Labute approximate surface area is 142 Å². The molecular weight excluding hydrogens is 350 g/mol. The molecule has 0 aliphatic heterocycles. The topological polar surface area (TPSA) is 171 Å². The SMILES string of the molecule is [Al+3].[Ca+2].[La+3].[O-2].[O-2].[O-2].[O-2].[O-2].[O-2].[Ti+4]. The van der Waals surface area contributed by atoms with Gasteiger partial charge in [0.1, 0.15) is 0 Å². The van der Waals surface area contributed by atoms with Crippen molar-refractivity contribution in [2.75, 3.05) is 0 Å². The van der Waals surface area contributed by atoms with Gasteiger partial charge in [0.15, 0.2) is 0 Å². The molecule has 48 valence electrons. The van der Waals surface area contributed by atoms with Gasteiger partial charge in [0.2, 0.25) is 0 Å². The van der Waals surface area contributed by atoms with Gasteiger partial charge >= 0.3 is 112 Å². The average Bonchev–Trinajstić information content (AvgIpc) is 0. The van der Waals surface area contributed by atoms with E-state index >= 15 is 0 Å². The Kier molecular flexibility index (Phi) is 2380. The van der Waals surface area contributed by atoms with Crippen molar-refractivity contribution in [2.45, 2.75) is 0 Å². The van der Waals surface area contributed by atoms with Crippen LogP contribution in [0.1, 0.15) is 0 Å². The van der Waals surface area contributed by atoms with E-state index in [0.717, 1.165) is 0 Å². The monoisotopic (exact) mass is 350 g/mol. The molecule has 0 aromatic rings. The Bertz CT molecular complexity index is 17.7. The van der Waals surface area contributed by atoms with Crippen molar-refractivity contribution in [2.24, 2.45) is 0 Å². The minimum atomic E-state index is 0. The van der Waals surface area contributed by atoms with Crippen LogP contribution in [0.5, 0.6) is 0 Å². The summed E-state index contributed by atoms with van der Waals surface area (Å²) >= 11 is 0. The fourth-order valence-corrected chi connectivity index (χ4v) is 0. The third kappa shape index (κ3) is 105. The summed E-state index contributed by atoms with van der Waals surface area (Å²) in [5.74, 6) is 0. The second-order valence-electron chi connectivity index (χ2n) is 0. The minimum absolute atomic E-state index is 0. The summed E-state index contributed by atoms with van der Waals surface area (Å²) in [6.45, 7) is 0. The first kappa shape index (κ1) is 174. The molecule has 6 nitrogen and oxygen atoms in total. The molecule has 0 amide bonds. The molecule has 0 bridgehead atoms. The molecule has 0 saturated heterocycles. The van der Waals surface area contributed by atoms with E-state index in [0.29, 0.717) is 0 Å². The summed E-state index contributed by atoms with van der Waals surface area (Å²) < 4.78 is 0. The molecule has 0 N–H and O–H groups in total. The van der Waals surface area contributed by atoms with Crippen LogP contribution in [0.3, 0.4) is 0 Å². The Morgan fingerprint density at radius 3 is 0.500 bits per heavy atom. The maximum absolute atomic E-state index is 0. The molecule has 0 spiro atoms. The summed E-state index contributed by atoms with van der Waals surface area (Å²) in [6, 6.07) is 0. The molecule has 0 aromatic carbocycles. The van der Waals surface area contributed by atoms with E-state index in [9.17, 15) is 0 Å². The van der Waals surface area contributed by atoms with Crippen LogP contribution in [0.15, 0.2) is 0 Å². The smallest absolute Gasteiger partial charge is 2.00 e. The largest absolute Gasteiger partial charge is 4.00 e. The number of hydrogen-bond acceptors (Lipinski definition) is 0. The molecule has 0 atom stereocenters. The number of rotatable bonds is 0. The van der Waals surface area contributed by atoms with E-state index in [1.165, 1.54) is 0 Å². The molecule has 0 aromatic heterocycles. The maximum Gasteiger partial charge on any atom is 4.00 e. The molecule has 0 rings (SSSR count). The van der Waals surface area contributed by atoms with Crippen LogP contribution in [0.2, 0.25) is 0 Å². The van der Waals surface area contributed by atoms with Crippen molar-refractivity contribution in [3.63, 3.8) is 0 Å². The van der Waals surface area contributed by atoms with Gasteiger partial charge in [-0.05, 0) is 0 Å². The molecule has 0 aliphatic rings. The predicted octanol–water partition coefficient (Wildman–Crippen LogP) is -1.48. The van der Waals surface area contributed by atoms with Gasteiger partial charge in [0.25, 0.3) is 0 Å². The third-order valence-corrected chi connectivity index (χ3v) is 0. The Hall–Kier alpha value is 3.46. The van der Waals surface area contributed by atoms with E-state index in [2.05, 4.69) is 0 Å². The Balaban J connectivity index is 0. The van der Waals surface area contributed by atoms with Crippen LogP contribution in [0, 0.1) is 35.6 Å². The van der Waals surface area contributed by atoms with Crippen molar-refractivity contribution >= 4 is 55.1 Å². The molecule has 10 heteroatoms. The summed E-state index contributed by atoms with van der Waals surface area (Å²) in [7, 11) is 0. The van der Waals surface area contributed by atoms with Crippen LogP contribution in [-0.2, 0) is 54.6 Å². The first-order chi connectivity index (χ1) is 0. The van der Waals surface area contributed by atoms with Crippen molar-refractivity contribution in [3.05, 3.63) is 0 Å². The van der Waals surface area contributed by atoms with Gasteiger partial charge in [0.05, 0.1) is 0 Å². The average molecular weight is 350 g/mol. The van der Waals surface area contributed by atoms with Gasteiger partial charge < -0.3 is 32.9 Å². The molecular formula is AlCaLaO6Ti. The van der Waals surface area contributed by atoms with E-state index in [1.54, 1.807) is 0 Å². The van der Waals surface area contributed by atoms with Gasteiger partial charge in [0, 0.05) is 0 Å². The maximum atomic E-state index is 0. The van der Waals surface area contributed by atoms with E-state index < -0.39 is 0 Å². The summed E-state index contributed by atoms with van der Waals surface area (Å²) in [6.07, 6.45) is 0. The standard InChI is InChI=1S/Al.Ca.La.6O.Ti/q+3;+2;+3;6*-2;+4. The number of hydrogen-bond donors (Lipinski definition) is 0. The zero-order chi connectivity index (χ0) is 0. The molecule has 0 unspecified atom stereocenters. The van der Waals surface area contributed by atoms with Gasteiger partial charge in [-0.3, -0.25) is 0 Å². The third-order valence-electron chi connectivity index (χ3n) is 0. The predicted molar refractivity (Wildman–Crippen MR) is 15.6 cm³/mol. The molecule has 0 aliphatic carbocycles. The molecule has 0 saturated carbocycles. The summed E-state index contributed by atoms with van der Waals surface area (Å²) in [5, 5.41) is 0. The second-order valence-corrected chi connectivity index (χ2v) is 0. The van der Waals surface area contributed by atoms with Crippen molar-refractivity contribution < 1.29 is 90.2 Å². The molecule has 0 fully saturated rings. The Morgan fingerprint density at radius 2 is 0.500 bits per heavy atom. The van der Waals surface area contributed by atoms with Crippen molar-refractivity contribution in [3.8, 4) is 0 Å². The fraction of sp³-hybridized carbons (Fsp3) is 0. The van der Waals surface area contributed by atoms with Crippen LogP contribution in [0.25, 0.3) is 0 Å². The molecule has 0 radical (unpaired) electrons. The van der Waals surface area contributed by atoms with Crippen LogP contribution in [0.4, 0.5) is 0 Å². The van der Waals surface area contributed by atoms with Crippen LogP contribution < -0.4 is 0 Å². The first-order valence-corrected chi connectivity index (χ1v) is 0. The van der Waals surface area contributed by atoms with Crippen LogP contribution >= 0.6 is 0 Å². The van der Waals surface area contributed by atoms with Gasteiger partial charge in [-0.25, -0.2) is 0 Å². The second kappa shape index (κ2) is 137. The summed E-state index contributed by atoms with van der Waals surface area (Å²) in [4.78, 5) is 0. The fourth-order valence-electron chi connectivity index (χ4n) is 0. The zero-order valence-electron chi connectivity index (χ0n) is 4.81. The van der Waals surface area contributed by atoms with E-state index in [1.807, 2.05) is 0 Å². The first-order valence-electron chi connectivity index (χ1n) is 0.